The Balaban J connectivity index is 1.39. The van der Waals surface area contributed by atoms with Gasteiger partial charge in [-0.15, -0.1) is 6.58 Å². The fourth-order valence-corrected chi connectivity index (χ4v) is 8.38. The Morgan fingerprint density at radius 2 is 2.00 bits per heavy atom. The van der Waals surface area contributed by atoms with Crippen molar-refractivity contribution < 1.29 is 38.7 Å². The third kappa shape index (κ3) is 4.56. The van der Waals surface area contributed by atoms with E-state index >= 15 is 0 Å². The zero-order chi connectivity index (χ0) is 30.6. The van der Waals surface area contributed by atoms with Gasteiger partial charge < -0.3 is 24.3 Å². The predicted octanol–water partition coefficient (Wildman–Crippen LogP) is 3.08. The van der Waals surface area contributed by atoms with E-state index in [2.05, 4.69) is 37.2 Å². The van der Waals surface area contributed by atoms with Gasteiger partial charge in [0.15, 0.2) is 6.61 Å². The van der Waals surface area contributed by atoms with Crippen LogP contribution in [0.4, 0.5) is 4.79 Å². The highest BCUT2D eigenvalue weighted by molar-refractivity contribution is 6.67. The summed E-state index contributed by atoms with van der Waals surface area (Å²) in [6.07, 6.45) is 4.27. The van der Waals surface area contributed by atoms with Crippen molar-refractivity contribution in [1.82, 2.24) is 4.92 Å². The first-order chi connectivity index (χ1) is 19.8. The number of Topliss-reactive ketones (excluding diaryl/α,β-unsaturated/α-hetero) is 1. The first-order valence-electron chi connectivity index (χ1n) is 14.7. The van der Waals surface area contributed by atoms with Crippen molar-refractivity contribution in [2.45, 2.75) is 72.0 Å². The second-order valence-electron chi connectivity index (χ2n) is 13.1. The second kappa shape index (κ2) is 10.8. The summed E-state index contributed by atoms with van der Waals surface area (Å²) in [5, 5.41) is 26.2. The number of benzene rings is 1. The lowest BCUT2D eigenvalue weighted by Gasteiger charge is -2.61. The molecule has 1 aromatic rings. The molecule has 2 bridgehead atoms. The molecular weight excluding hydrogens is 539 g/mol. The fraction of sp³-hybridized carbons (Fsp3) is 0.613. The molecule has 1 aliphatic heterocycles. The largest absolute Gasteiger partial charge is 0.482 e. The number of hydrogen-bond donors (Lipinski definition) is 2. The lowest BCUT2D eigenvalue weighted by molar-refractivity contribution is -0.207. The number of rotatable bonds is 5. The standard InChI is InChI=1S/C31H41BN2O8/c1-7-29(4)15-24(30(5)18(2)10-12-31(19(3)27(29)37)13-11-23(35)26(30)31)42-25(36)17-41-21-9-8-20-16-33-34(28(38)40-6)32(39)22(20)14-21/h7-9,14,16,18-19,24,26-27,37,39H,1,10-13,15,17H2,2-6H3/t18-,19+,24-,26+,27+,29-,30+,31+/m1/s1. The number of ether oxygens (including phenoxy) is 3. The Hall–Kier alpha value is -3.18. The normalized spacial score (nSPS) is 37.2. The summed E-state index contributed by atoms with van der Waals surface area (Å²) >= 11 is 0. The zero-order valence-corrected chi connectivity index (χ0v) is 25.0. The zero-order valence-electron chi connectivity index (χ0n) is 25.0. The molecule has 5 rings (SSSR count). The summed E-state index contributed by atoms with van der Waals surface area (Å²) in [6, 6.07) is 4.84. The number of amides is 1. The lowest BCUT2D eigenvalue weighted by atomic mass is 9.44. The van der Waals surface area contributed by atoms with E-state index in [1.165, 1.54) is 19.4 Å². The van der Waals surface area contributed by atoms with Gasteiger partial charge in [-0.1, -0.05) is 39.8 Å². The molecule has 4 aliphatic rings. The quantitative estimate of drug-likeness (QED) is 0.308. The maximum Gasteiger partial charge on any atom is 0.478 e. The van der Waals surface area contributed by atoms with Crippen molar-refractivity contribution in [3.8, 4) is 5.75 Å². The number of aliphatic hydroxyl groups is 1. The minimum atomic E-state index is -1.38. The van der Waals surface area contributed by atoms with E-state index in [0.717, 1.165) is 24.2 Å². The van der Waals surface area contributed by atoms with Crippen LogP contribution in [-0.4, -0.2) is 72.1 Å². The maximum absolute atomic E-state index is 13.6. The highest BCUT2D eigenvalue weighted by atomic mass is 16.6. The van der Waals surface area contributed by atoms with Crippen molar-refractivity contribution in [2.24, 2.45) is 39.1 Å². The summed E-state index contributed by atoms with van der Waals surface area (Å²) < 4.78 is 16.7. The molecule has 1 amide bonds. The van der Waals surface area contributed by atoms with E-state index in [4.69, 9.17) is 9.47 Å². The first-order valence-corrected chi connectivity index (χ1v) is 14.7. The number of hydrazone groups is 1. The van der Waals surface area contributed by atoms with Gasteiger partial charge in [0.1, 0.15) is 17.6 Å². The number of methoxy groups -OCH3 is 1. The van der Waals surface area contributed by atoms with Crippen LogP contribution in [0.5, 0.6) is 5.75 Å². The summed E-state index contributed by atoms with van der Waals surface area (Å²) in [5.41, 5.74) is -0.741. The summed E-state index contributed by atoms with van der Waals surface area (Å²) in [5.74, 6) is -0.406. The van der Waals surface area contributed by atoms with Crippen molar-refractivity contribution in [2.75, 3.05) is 13.7 Å². The molecule has 3 aliphatic carbocycles. The van der Waals surface area contributed by atoms with Gasteiger partial charge in [-0.25, -0.2) is 14.5 Å². The van der Waals surface area contributed by atoms with Gasteiger partial charge in [-0.2, -0.15) is 5.10 Å². The second-order valence-corrected chi connectivity index (χ2v) is 13.1. The Morgan fingerprint density at radius 3 is 2.69 bits per heavy atom. The molecule has 0 aromatic heterocycles. The van der Waals surface area contributed by atoms with Crippen molar-refractivity contribution in [1.29, 1.82) is 0 Å². The van der Waals surface area contributed by atoms with Crippen LogP contribution in [0.2, 0.25) is 0 Å². The van der Waals surface area contributed by atoms with Crippen molar-refractivity contribution in [3.05, 3.63) is 36.4 Å². The van der Waals surface area contributed by atoms with Gasteiger partial charge in [0.05, 0.1) is 19.4 Å². The predicted molar refractivity (Wildman–Crippen MR) is 156 cm³/mol. The van der Waals surface area contributed by atoms with Crippen LogP contribution in [-0.2, 0) is 19.1 Å². The molecule has 1 aromatic carbocycles. The van der Waals surface area contributed by atoms with Crippen LogP contribution in [0.3, 0.4) is 0 Å². The number of hydrogen-bond acceptors (Lipinski definition) is 9. The summed E-state index contributed by atoms with van der Waals surface area (Å²) in [7, 11) is -0.192. The molecule has 0 saturated heterocycles. The molecule has 0 spiro atoms. The van der Waals surface area contributed by atoms with Gasteiger partial charge in [0, 0.05) is 23.2 Å². The van der Waals surface area contributed by atoms with E-state index in [1.807, 2.05) is 6.92 Å². The smallest absolute Gasteiger partial charge is 0.478 e. The number of nitrogens with zero attached hydrogens (tertiary/aromatic N) is 2. The molecule has 10 nitrogen and oxygen atoms in total. The Morgan fingerprint density at radius 1 is 1.26 bits per heavy atom. The average molecular weight is 580 g/mol. The SMILES string of the molecule is C=C[C@]1(C)C[C@@H](OC(=O)COc2ccc3c(c2)B(O)N(C(=O)OC)N=C3)[C@]2(C)[C@H](C)CC[C@]3(CCC(=O)[C@H]32)[C@@H](C)[C@@H]1O. The molecule has 8 atom stereocenters. The highest BCUT2D eigenvalue weighted by Crippen LogP contribution is 2.68. The van der Waals surface area contributed by atoms with Gasteiger partial charge in [0.2, 0.25) is 0 Å². The molecule has 1 heterocycles. The van der Waals surface area contributed by atoms with Crippen molar-refractivity contribution >= 4 is 36.6 Å². The number of carbonyl (C=O) groups excluding carboxylic acids is 3. The Labute approximate surface area is 247 Å². The van der Waals surface area contributed by atoms with Crippen LogP contribution in [0, 0.1) is 34.0 Å². The topological polar surface area (TPSA) is 135 Å². The number of esters is 1. The van der Waals surface area contributed by atoms with Gasteiger partial charge in [0.25, 0.3) is 0 Å². The van der Waals surface area contributed by atoms with Gasteiger partial charge in [-0.3, -0.25) is 4.79 Å². The third-order valence-electron chi connectivity index (χ3n) is 11.2. The molecule has 0 radical (unpaired) electrons. The van der Waals surface area contributed by atoms with Crippen LogP contribution < -0.4 is 10.2 Å². The fourth-order valence-electron chi connectivity index (χ4n) is 8.38. The van der Waals surface area contributed by atoms with Crippen molar-refractivity contribution in [3.63, 3.8) is 0 Å². The molecule has 226 valence electrons. The van der Waals surface area contributed by atoms with E-state index < -0.39 is 48.8 Å². The van der Waals surface area contributed by atoms with Crippen LogP contribution in [0.25, 0.3) is 0 Å². The minimum absolute atomic E-state index is 0.108. The number of ketones is 1. The van der Waals surface area contributed by atoms with E-state index in [1.54, 1.807) is 18.2 Å². The Bertz CT molecular complexity index is 1320. The van der Waals surface area contributed by atoms with Gasteiger partial charge >= 0.3 is 19.1 Å². The first kappa shape index (κ1) is 30.3. The molecule has 42 heavy (non-hydrogen) atoms. The number of aliphatic hydroxyl groups excluding tert-OH is 1. The van der Waals surface area contributed by atoms with Gasteiger partial charge in [-0.05, 0) is 66.1 Å². The van der Waals surface area contributed by atoms with E-state index in [-0.39, 0.29) is 29.0 Å². The molecule has 3 fully saturated rings. The molecule has 0 unspecified atom stereocenters. The molecule has 2 N–H and O–H groups in total. The summed E-state index contributed by atoms with van der Waals surface area (Å²) in [6.45, 7) is 11.9. The third-order valence-corrected chi connectivity index (χ3v) is 11.2. The maximum atomic E-state index is 13.6. The van der Waals surface area contributed by atoms with Crippen LogP contribution >= 0.6 is 0 Å². The average Bonchev–Trinajstić information content (AvgIpc) is 3.34. The lowest BCUT2D eigenvalue weighted by Crippen LogP contribution is -2.63. The monoisotopic (exact) mass is 580 g/mol. The van der Waals surface area contributed by atoms with Crippen LogP contribution in [0.15, 0.2) is 36.0 Å². The number of fused-ring (bicyclic) bond motifs is 1. The van der Waals surface area contributed by atoms with E-state index in [9.17, 15) is 24.5 Å². The summed E-state index contributed by atoms with van der Waals surface area (Å²) in [4.78, 5) is 39.7. The minimum Gasteiger partial charge on any atom is -0.482 e. The highest BCUT2D eigenvalue weighted by Gasteiger charge is 2.68. The molecular formula is C31H41BN2O8. The molecule has 11 heteroatoms. The molecule has 3 saturated carbocycles. The van der Waals surface area contributed by atoms with E-state index in [0.29, 0.717) is 29.6 Å². The van der Waals surface area contributed by atoms with Crippen LogP contribution in [0.1, 0.15) is 65.4 Å². The number of carbonyl (C=O) groups is 3. The Kier molecular flexibility index (Phi) is 7.81.